The molecule has 1 amide bonds. The van der Waals surface area contributed by atoms with E-state index in [1.165, 1.54) is 58.3 Å². The van der Waals surface area contributed by atoms with E-state index in [1.807, 2.05) is 0 Å². The zero-order valence-corrected chi connectivity index (χ0v) is 12.6. The molecule has 0 aromatic rings. The molecule has 0 heterocycles. The lowest BCUT2D eigenvalue weighted by molar-refractivity contribution is -0.0371. The van der Waals surface area contributed by atoms with Crippen LogP contribution in [0.3, 0.4) is 0 Å². The molecule has 0 aromatic heterocycles. The van der Waals surface area contributed by atoms with E-state index in [-0.39, 0.29) is 0 Å². The highest BCUT2D eigenvalue weighted by Gasteiger charge is 2.03. The molecule has 0 saturated carbocycles. The van der Waals surface area contributed by atoms with E-state index in [0.29, 0.717) is 6.54 Å². The van der Waals surface area contributed by atoms with Gasteiger partial charge >= 0.3 is 6.09 Å². The van der Waals surface area contributed by atoms with Crippen molar-refractivity contribution in [3.8, 4) is 0 Å². The Balaban J connectivity index is 3.08. The Hall–Kier alpha value is -0.770. The van der Waals surface area contributed by atoms with Gasteiger partial charge in [0.1, 0.15) is 0 Å². The fraction of sp³-hybridized carbons (Fsp3) is 0.933. The first-order valence-corrected chi connectivity index (χ1v) is 7.79. The van der Waals surface area contributed by atoms with E-state index in [0.717, 1.165) is 12.8 Å². The molecule has 114 valence electrons. The van der Waals surface area contributed by atoms with Crippen molar-refractivity contribution in [3.05, 3.63) is 0 Å². The topological polar surface area (TPSA) is 58.6 Å². The molecule has 2 N–H and O–H groups in total. The molecule has 4 nitrogen and oxygen atoms in total. The summed E-state index contributed by atoms with van der Waals surface area (Å²) >= 11 is 0. The fourth-order valence-electron chi connectivity index (χ4n) is 2.00. The normalized spacial score (nSPS) is 12.2. The minimum Gasteiger partial charge on any atom is -0.420 e. The third-order valence-electron chi connectivity index (χ3n) is 3.08. The predicted molar refractivity (Wildman–Crippen MR) is 78.0 cm³/mol. The van der Waals surface area contributed by atoms with Crippen LogP contribution in [-0.2, 0) is 4.74 Å². The van der Waals surface area contributed by atoms with Crippen LogP contribution in [0.4, 0.5) is 4.79 Å². The summed E-state index contributed by atoms with van der Waals surface area (Å²) in [5.74, 6) is 0. The molecule has 0 aromatic carbocycles. The molecule has 0 saturated heterocycles. The van der Waals surface area contributed by atoms with Gasteiger partial charge in [0.25, 0.3) is 0 Å². The first-order valence-electron chi connectivity index (χ1n) is 7.79. The molecule has 0 spiro atoms. The van der Waals surface area contributed by atoms with Gasteiger partial charge in [0.2, 0.25) is 0 Å². The van der Waals surface area contributed by atoms with Crippen LogP contribution in [0, 0.1) is 0 Å². The highest BCUT2D eigenvalue weighted by Crippen LogP contribution is 2.10. The van der Waals surface area contributed by atoms with Crippen LogP contribution in [-0.4, -0.2) is 24.0 Å². The number of rotatable bonds is 12. The standard InChI is InChI=1S/C15H31NO3/c1-3-4-5-6-7-8-9-10-11-12-13-16-15(18)19-14(2)17/h14,17H,3-13H2,1-2H3,(H,16,18). The summed E-state index contributed by atoms with van der Waals surface area (Å²) in [7, 11) is 0. The molecule has 4 heteroatoms. The lowest BCUT2D eigenvalue weighted by atomic mass is 10.1. The lowest BCUT2D eigenvalue weighted by Crippen LogP contribution is -2.28. The van der Waals surface area contributed by atoms with E-state index in [1.54, 1.807) is 0 Å². The number of carbonyl (C=O) groups excluding carboxylic acids is 1. The van der Waals surface area contributed by atoms with Gasteiger partial charge in [0.05, 0.1) is 0 Å². The first-order chi connectivity index (χ1) is 9.16. The summed E-state index contributed by atoms with van der Waals surface area (Å²) in [6, 6.07) is 0. The van der Waals surface area contributed by atoms with Gasteiger partial charge in [-0.05, 0) is 13.3 Å². The van der Waals surface area contributed by atoms with Gasteiger partial charge in [-0.3, -0.25) is 0 Å². The molecule has 19 heavy (non-hydrogen) atoms. The van der Waals surface area contributed by atoms with Crippen molar-refractivity contribution in [2.75, 3.05) is 6.54 Å². The van der Waals surface area contributed by atoms with Gasteiger partial charge in [-0.15, -0.1) is 0 Å². The minimum absolute atomic E-state index is 0.536. The highest BCUT2D eigenvalue weighted by atomic mass is 16.6. The number of aliphatic hydroxyl groups excluding tert-OH is 1. The minimum atomic E-state index is -1.03. The Morgan fingerprint density at radius 1 is 1.00 bits per heavy atom. The van der Waals surface area contributed by atoms with Gasteiger partial charge in [0, 0.05) is 6.54 Å². The number of amides is 1. The van der Waals surface area contributed by atoms with E-state index >= 15 is 0 Å². The summed E-state index contributed by atoms with van der Waals surface area (Å²) in [5.41, 5.74) is 0. The molecular weight excluding hydrogens is 242 g/mol. The average Bonchev–Trinajstić information content (AvgIpc) is 2.35. The molecule has 0 radical (unpaired) electrons. The number of hydrogen-bond acceptors (Lipinski definition) is 3. The van der Waals surface area contributed by atoms with Crippen molar-refractivity contribution in [1.82, 2.24) is 5.32 Å². The quantitative estimate of drug-likeness (QED) is 0.418. The zero-order valence-electron chi connectivity index (χ0n) is 12.6. The van der Waals surface area contributed by atoms with Crippen LogP contribution in [0.25, 0.3) is 0 Å². The highest BCUT2D eigenvalue weighted by molar-refractivity contribution is 5.67. The second kappa shape index (κ2) is 13.7. The van der Waals surface area contributed by atoms with Crippen LogP contribution < -0.4 is 5.32 Å². The third-order valence-corrected chi connectivity index (χ3v) is 3.08. The second-order valence-corrected chi connectivity index (χ2v) is 5.11. The molecule has 0 aliphatic carbocycles. The lowest BCUT2D eigenvalue weighted by Gasteiger charge is -2.08. The number of alkyl carbamates (subject to hydrolysis) is 1. The monoisotopic (exact) mass is 273 g/mol. The fourth-order valence-corrected chi connectivity index (χ4v) is 2.00. The smallest absolute Gasteiger partial charge is 0.409 e. The van der Waals surface area contributed by atoms with Crippen molar-refractivity contribution in [2.45, 2.75) is 84.3 Å². The largest absolute Gasteiger partial charge is 0.420 e. The van der Waals surface area contributed by atoms with Crippen molar-refractivity contribution in [1.29, 1.82) is 0 Å². The number of hydrogen-bond donors (Lipinski definition) is 2. The Kier molecular flexibility index (Phi) is 13.1. The van der Waals surface area contributed by atoms with Crippen molar-refractivity contribution >= 4 is 6.09 Å². The number of aliphatic hydroxyl groups is 1. The number of unbranched alkanes of at least 4 members (excludes halogenated alkanes) is 9. The van der Waals surface area contributed by atoms with Gasteiger partial charge in [-0.1, -0.05) is 64.7 Å². The van der Waals surface area contributed by atoms with E-state index in [2.05, 4.69) is 17.0 Å². The van der Waals surface area contributed by atoms with E-state index in [4.69, 9.17) is 5.11 Å². The maximum Gasteiger partial charge on any atom is 0.409 e. The zero-order chi connectivity index (χ0) is 14.3. The Morgan fingerprint density at radius 2 is 1.47 bits per heavy atom. The summed E-state index contributed by atoms with van der Waals surface area (Å²) < 4.78 is 4.55. The van der Waals surface area contributed by atoms with Gasteiger partial charge in [-0.25, -0.2) is 4.79 Å². The molecule has 0 rings (SSSR count). The summed E-state index contributed by atoms with van der Waals surface area (Å²) in [4.78, 5) is 11.0. The number of nitrogens with one attached hydrogen (secondary N) is 1. The maximum atomic E-state index is 11.0. The Bertz CT molecular complexity index is 208. The van der Waals surface area contributed by atoms with Crippen LogP contribution >= 0.6 is 0 Å². The van der Waals surface area contributed by atoms with Crippen LogP contribution in [0.2, 0.25) is 0 Å². The third kappa shape index (κ3) is 15.2. The summed E-state index contributed by atoms with van der Waals surface area (Å²) in [6.45, 7) is 4.28. The maximum absolute atomic E-state index is 11.0. The van der Waals surface area contributed by atoms with Gasteiger partial charge < -0.3 is 15.2 Å². The van der Waals surface area contributed by atoms with E-state index in [9.17, 15) is 4.79 Å². The van der Waals surface area contributed by atoms with Crippen LogP contribution in [0.15, 0.2) is 0 Å². The predicted octanol–water partition coefficient (Wildman–Crippen LogP) is 3.97. The second-order valence-electron chi connectivity index (χ2n) is 5.11. The van der Waals surface area contributed by atoms with Crippen molar-refractivity contribution in [3.63, 3.8) is 0 Å². The molecular formula is C15H31NO3. The number of ether oxygens (including phenoxy) is 1. The first kappa shape index (κ1) is 18.2. The SMILES string of the molecule is CCCCCCCCCCCCNC(=O)OC(C)O. The van der Waals surface area contributed by atoms with E-state index < -0.39 is 12.4 Å². The Labute approximate surface area is 117 Å². The summed E-state index contributed by atoms with van der Waals surface area (Å²) in [5, 5.41) is 11.4. The average molecular weight is 273 g/mol. The van der Waals surface area contributed by atoms with Gasteiger partial charge in [0.15, 0.2) is 6.29 Å². The molecule has 0 fully saturated rings. The van der Waals surface area contributed by atoms with Crippen molar-refractivity contribution in [2.24, 2.45) is 0 Å². The van der Waals surface area contributed by atoms with Crippen LogP contribution in [0.1, 0.15) is 78.1 Å². The molecule has 0 bridgehead atoms. The van der Waals surface area contributed by atoms with Crippen LogP contribution in [0.5, 0.6) is 0 Å². The summed E-state index contributed by atoms with van der Waals surface area (Å²) in [6.07, 6.45) is 11.2. The molecule has 0 aliphatic heterocycles. The molecule has 0 aliphatic rings. The Morgan fingerprint density at radius 3 is 1.95 bits per heavy atom. The molecule has 1 atom stereocenters. The van der Waals surface area contributed by atoms with Gasteiger partial charge in [-0.2, -0.15) is 0 Å². The number of carbonyl (C=O) groups is 1. The van der Waals surface area contributed by atoms with Crippen molar-refractivity contribution < 1.29 is 14.6 Å². The molecule has 1 unspecified atom stereocenters.